The average Bonchev–Trinajstić information content (AvgIpc) is 2.47. The number of ether oxygens (including phenoxy) is 2. The number of benzene rings is 2. The minimum atomic E-state index is 0.712. The maximum absolute atomic E-state index is 5.33. The predicted octanol–water partition coefficient (Wildman–Crippen LogP) is 4.39. The molecule has 20 heavy (non-hydrogen) atoms. The summed E-state index contributed by atoms with van der Waals surface area (Å²) in [6.07, 6.45) is 0. The summed E-state index contributed by atoms with van der Waals surface area (Å²) >= 11 is 3.56. The van der Waals surface area contributed by atoms with Gasteiger partial charge in [-0.2, -0.15) is 0 Å². The van der Waals surface area contributed by atoms with Gasteiger partial charge in [0.05, 0.1) is 14.2 Å². The molecule has 3 nitrogen and oxygen atoms in total. The Morgan fingerprint density at radius 3 is 2.20 bits per heavy atom. The van der Waals surface area contributed by atoms with Crippen molar-refractivity contribution in [2.24, 2.45) is 0 Å². The van der Waals surface area contributed by atoms with Gasteiger partial charge in [-0.3, -0.25) is 0 Å². The first-order valence-electron chi connectivity index (χ1n) is 6.35. The highest BCUT2D eigenvalue weighted by molar-refractivity contribution is 9.10. The number of hydrogen-bond acceptors (Lipinski definition) is 3. The second-order valence-corrected chi connectivity index (χ2v) is 5.37. The second-order valence-electron chi connectivity index (χ2n) is 4.52. The van der Waals surface area contributed by atoms with Gasteiger partial charge in [0.2, 0.25) is 0 Å². The third-order valence-corrected chi connectivity index (χ3v) is 3.83. The van der Waals surface area contributed by atoms with Crippen molar-refractivity contribution in [1.29, 1.82) is 0 Å². The molecule has 1 N–H and O–H groups in total. The van der Waals surface area contributed by atoms with Crippen molar-refractivity contribution in [2.45, 2.75) is 13.5 Å². The third kappa shape index (κ3) is 3.45. The topological polar surface area (TPSA) is 30.5 Å². The normalized spacial score (nSPS) is 10.2. The zero-order chi connectivity index (χ0) is 14.5. The van der Waals surface area contributed by atoms with Crippen molar-refractivity contribution >= 4 is 21.6 Å². The molecule has 0 unspecified atom stereocenters. The molecule has 0 radical (unpaired) electrons. The monoisotopic (exact) mass is 335 g/mol. The van der Waals surface area contributed by atoms with E-state index in [1.54, 1.807) is 14.2 Å². The van der Waals surface area contributed by atoms with Gasteiger partial charge in [0.15, 0.2) is 11.5 Å². The summed E-state index contributed by atoms with van der Waals surface area (Å²) in [5, 5.41) is 3.39. The summed E-state index contributed by atoms with van der Waals surface area (Å²) < 4.78 is 11.6. The molecule has 0 amide bonds. The van der Waals surface area contributed by atoms with Gasteiger partial charge >= 0.3 is 0 Å². The van der Waals surface area contributed by atoms with Crippen LogP contribution in [0.1, 0.15) is 11.1 Å². The molecule has 0 heterocycles. The number of hydrogen-bond donors (Lipinski definition) is 1. The minimum absolute atomic E-state index is 0.712. The van der Waals surface area contributed by atoms with Crippen LogP contribution in [0.25, 0.3) is 0 Å². The van der Waals surface area contributed by atoms with Crippen LogP contribution in [-0.4, -0.2) is 14.2 Å². The summed E-state index contributed by atoms with van der Waals surface area (Å²) in [7, 11) is 3.28. The van der Waals surface area contributed by atoms with E-state index in [2.05, 4.69) is 52.4 Å². The highest BCUT2D eigenvalue weighted by atomic mass is 79.9. The summed E-state index contributed by atoms with van der Waals surface area (Å²) in [4.78, 5) is 0. The Labute approximate surface area is 128 Å². The van der Waals surface area contributed by atoms with E-state index < -0.39 is 0 Å². The van der Waals surface area contributed by atoms with E-state index in [9.17, 15) is 0 Å². The lowest BCUT2D eigenvalue weighted by Gasteiger charge is -2.13. The van der Waals surface area contributed by atoms with Crippen LogP contribution in [0.3, 0.4) is 0 Å². The standard InChI is InChI=1S/C16H18BrNO2/c1-11-4-6-13(7-5-11)18-10-12-8-15(19-2)16(20-3)9-14(12)17/h4-9,18H,10H2,1-3H3. The Kier molecular flexibility index (Phi) is 4.90. The smallest absolute Gasteiger partial charge is 0.161 e. The largest absolute Gasteiger partial charge is 0.493 e. The molecule has 0 bridgehead atoms. The fraction of sp³-hybridized carbons (Fsp3) is 0.250. The van der Waals surface area contributed by atoms with Crippen molar-refractivity contribution in [3.63, 3.8) is 0 Å². The van der Waals surface area contributed by atoms with Crippen molar-refractivity contribution in [2.75, 3.05) is 19.5 Å². The molecule has 4 heteroatoms. The molecule has 0 aliphatic rings. The molecular formula is C16H18BrNO2. The highest BCUT2D eigenvalue weighted by Gasteiger charge is 2.09. The number of aryl methyl sites for hydroxylation is 1. The molecule has 0 aliphatic heterocycles. The Morgan fingerprint density at radius 2 is 1.60 bits per heavy atom. The number of methoxy groups -OCH3 is 2. The van der Waals surface area contributed by atoms with Crippen LogP contribution in [0.5, 0.6) is 11.5 Å². The molecule has 0 fully saturated rings. The molecule has 0 aliphatic carbocycles. The molecule has 0 saturated carbocycles. The van der Waals surface area contributed by atoms with E-state index >= 15 is 0 Å². The van der Waals surface area contributed by atoms with Crippen LogP contribution >= 0.6 is 15.9 Å². The van der Waals surface area contributed by atoms with Crippen LogP contribution in [0.4, 0.5) is 5.69 Å². The molecule has 0 saturated heterocycles. The minimum Gasteiger partial charge on any atom is -0.493 e. The zero-order valence-corrected chi connectivity index (χ0v) is 13.5. The number of rotatable bonds is 5. The van der Waals surface area contributed by atoms with Gasteiger partial charge in [-0.05, 0) is 36.8 Å². The summed E-state index contributed by atoms with van der Waals surface area (Å²) in [6.45, 7) is 2.79. The Bertz CT molecular complexity index is 582. The molecule has 2 rings (SSSR count). The molecule has 2 aromatic rings. The van der Waals surface area contributed by atoms with Crippen molar-refractivity contribution in [3.8, 4) is 11.5 Å². The maximum atomic E-state index is 5.33. The van der Waals surface area contributed by atoms with Gasteiger partial charge in [-0.25, -0.2) is 0 Å². The summed E-state index contributed by atoms with van der Waals surface area (Å²) in [5.74, 6) is 1.45. The number of anilines is 1. The molecule has 0 atom stereocenters. The van der Waals surface area contributed by atoms with Crippen LogP contribution in [0, 0.1) is 6.92 Å². The van der Waals surface area contributed by atoms with Gasteiger partial charge in [-0.1, -0.05) is 33.6 Å². The SMILES string of the molecule is COc1cc(Br)c(CNc2ccc(C)cc2)cc1OC. The number of nitrogens with one attached hydrogen (secondary N) is 1. The summed E-state index contributed by atoms with van der Waals surface area (Å²) in [5.41, 5.74) is 3.46. The number of halogens is 1. The van der Waals surface area contributed by atoms with Crippen molar-refractivity contribution in [1.82, 2.24) is 0 Å². The van der Waals surface area contributed by atoms with E-state index in [1.807, 2.05) is 12.1 Å². The van der Waals surface area contributed by atoms with E-state index in [1.165, 1.54) is 5.56 Å². The van der Waals surface area contributed by atoms with Gasteiger partial charge < -0.3 is 14.8 Å². The quantitative estimate of drug-likeness (QED) is 0.879. The second kappa shape index (κ2) is 6.66. The molecular weight excluding hydrogens is 318 g/mol. The lowest BCUT2D eigenvalue weighted by Crippen LogP contribution is -2.01. The van der Waals surface area contributed by atoms with Gasteiger partial charge in [-0.15, -0.1) is 0 Å². The van der Waals surface area contributed by atoms with Crippen LogP contribution in [0.15, 0.2) is 40.9 Å². The lowest BCUT2D eigenvalue weighted by atomic mass is 10.2. The van der Waals surface area contributed by atoms with E-state index in [-0.39, 0.29) is 0 Å². The summed E-state index contributed by atoms with van der Waals surface area (Å²) in [6, 6.07) is 12.2. The Morgan fingerprint density at radius 1 is 1.00 bits per heavy atom. The third-order valence-electron chi connectivity index (χ3n) is 3.09. The fourth-order valence-electron chi connectivity index (χ4n) is 1.90. The Balaban J connectivity index is 2.14. The molecule has 0 spiro atoms. The Hall–Kier alpha value is -1.68. The predicted molar refractivity (Wildman–Crippen MR) is 85.8 cm³/mol. The van der Waals surface area contributed by atoms with E-state index in [4.69, 9.17) is 9.47 Å². The van der Waals surface area contributed by atoms with Crippen molar-refractivity contribution in [3.05, 3.63) is 52.0 Å². The lowest BCUT2D eigenvalue weighted by molar-refractivity contribution is 0.354. The van der Waals surface area contributed by atoms with E-state index in [0.29, 0.717) is 6.54 Å². The van der Waals surface area contributed by atoms with Gasteiger partial charge in [0, 0.05) is 16.7 Å². The highest BCUT2D eigenvalue weighted by Crippen LogP contribution is 2.33. The maximum Gasteiger partial charge on any atom is 0.161 e. The molecule has 106 valence electrons. The van der Waals surface area contributed by atoms with Crippen molar-refractivity contribution < 1.29 is 9.47 Å². The van der Waals surface area contributed by atoms with Crippen LogP contribution in [0.2, 0.25) is 0 Å². The van der Waals surface area contributed by atoms with Crippen LogP contribution in [-0.2, 0) is 6.54 Å². The average molecular weight is 336 g/mol. The first-order valence-corrected chi connectivity index (χ1v) is 7.14. The van der Waals surface area contributed by atoms with Gasteiger partial charge in [0.25, 0.3) is 0 Å². The molecule has 2 aromatic carbocycles. The van der Waals surface area contributed by atoms with Gasteiger partial charge in [0.1, 0.15) is 0 Å². The zero-order valence-electron chi connectivity index (χ0n) is 11.9. The molecule has 0 aromatic heterocycles. The first-order chi connectivity index (χ1) is 9.63. The fourth-order valence-corrected chi connectivity index (χ4v) is 2.36. The van der Waals surface area contributed by atoms with E-state index in [0.717, 1.165) is 27.2 Å². The first kappa shape index (κ1) is 14.7. The van der Waals surface area contributed by atoms with Crippen LogP contribution < -0.4 is 14.8 Å².